The van der Waals surface area contributed by atoms with Gasteiger partial charge in [-0.2, -0.15) is 0 Å². The Morgan fingerprint density at radius 2 is 1.76 bits per heavy atom. The summed E-state index contributed by atoms with van der Waals surface area (Å²) >= 11 is 0. The van der Waals surface area contributed by atoms with Crippen molar-refractivity contribution in [3.8, 4) is 16.9 Å². The van der Waals surface area contributed by atoms with Crippen molar-refractivity contribution < 1.29 is 27.5 Å². The molecule has 0 aliphatic heterocycles. The Labute approximate surface area is 189 Å². The molecule has 0 fully saturated rings. The third kappa shape index (κ3) is 6.09. The lowest BCUT2D eigenvalue weighted by molar-refractivity contribution is -0.274. The van der Waals surface area contributed by atoms with Gasteiger partial charge in [0.15, 0.2) is 0 Å². The number of anilines is 1. The summed E-state index contributed by atoms with van der Waals surface area (Å²) in [6, 6.07) is 15.7. The Morgan fingerprint density at radius 3 is 2.33 bits per heavy atom. The van der Waals surface area contributed by atoms with Crippen molar-refractivity contribution >= 4 is 18.0 Å². The first-order valence-electron chi connectivity index (χ1n) is 10.1. The second-order valence-corrected chi connectivity index (χ2v) is 7.16. The number of ether oxygens (including phenoxy) is 1. The van der Waals surface area contributed by atoms with Crippen molar-refractivity contribution in [2.24, 2.45) is 0 Å². The summed E-state index contributed by atoms with van der Waals surface area (Å²) in [7, 11) is 1.54. The van der Waals surface area contributed by atoms with Crippen LogP contribution in [0.25, 0.3) is 11.1 Å². The molecule has 0 aliphatic rings. The zero-order valence-corrected chi connectivity index (χ0v) is 18.0. The van der Waals surface area contributed by atoms with Crippen LogP contribution in [-0.4, -0.2) is 42.2 Å². The quantitative estimate of drug-likeness (QED) is 0.452. The third-order valence-corrected chi connectivity index (χ3v) is 4.93. The Bertz CT molecular complexity index is 1100. The zero-order valence-electron chi connectivity index (χ0n) is 18.0. The van der Waals surface area contributed by atoms with E-state index in [4.69, 9.17) is 0 Å². The average Bonchev–Trinajstić information content (AvgIpc) is 2.81. The molecule has 0 spiro atoms. The molecule has 0 aliphatic carbocycles. The first-order valence-corrected chi connectivity index (χ1v) is 10.1. The summed E-state index contributed by atoms with van der Waals surface area (Å²) in [5, 5.41) is 0. The molecule has 0 N–H and O–H groups in total. The van der Waals surface area contributed by atoms with E-state index >= 15 is 0 Å². The van der Waals surface area contributed by atoms with Crippen molar-refractivity contribution in [1.82, 2.24) is 9.88 Å². The second kappa shape index (κ2) is 10.2. The Kier molecular flexibility index (Phi) is 7.32. The van der Waals surface area contributed by atoms with Crippen LogP contribution in [0.5, 0.6) is 5.75 Å². The van der Waals surface area contributed by atoms with Gasteiger partial charge < -0.3 is 14.5 Å². The Balaban J connectivity index is 1.96. The minimum atomic E-state index is -4.78. The van der Waals surface area contributed by atoms with Crippen LogP contribution in [0.4, 0.5) is 18.9 Å². The van der Waals surface area contributed by atoms with Crippen LogP contribution in [-0.2, 0) is 11.3 Å². The van der Waals surface area contributed by atoms with Crippen molar-refractivity contribution in [2.75, 3.05) is 18.5 Å². The summed E-state index contributed by atoms with van der Waals surface area (Å²) in [5.41, 5.74) is 2.61. The van der Waals surface area contributed by atoms with Crippen LogP contribution < -0.4 is 9.64 Å². The molecule has 0 atom stereocenters. The second-order valence-electron chi connectivity index (χ2n) is 7.16. The summed E-state index contributed by atoms with van der Waals surface area (Å²) in [4.78, 5) is 32.0. The third-order valence-electron chi connectivity index (χ3n) is 4.93. The maximum Gasteiger partial charge on any atom is 0.573 e. The number of pyridine rings is 1. The van der Waals surface area contributed by atoms with Crippen LogP contribution in [0.1, 0.15) is 23.0 Å². The minimum Gasteiger partial charge on any atom is -0.406 e. The molecule has 172 valence electrons. The molecule has 2 amide bonds. The molecule has 1 heterocycles. The lowest BCUT2D eigenvalue weighted by atomic mass is 10.0. The smallest absolute Gasteiger partial charge is 0.406 e. The monoisotopic (exact) mass is 457 g/mol. The van der Waals surface area contributed by atoms with Gasteiger partial charge in [-0.05, 0) is 54.4 Å². The van der Waals surface area contributed by atoms with E-state index in [2.05, 4.69) is 9.72 Å². The molecule has 3 rings (SSSR count). The maximum atomic E-state index is 13.4. The van der Waals surface area contributed by atoms with Crippen molar-refractivity contribution in [2.45, 2.75) is 19.8 Å². The van der Waals surface area contributed by atoms with Crippen LogP contribution in [0, 0.1) is 0 Å². The van der Waals surface area contributed by atoms with Crippen LogP contribution in [0.2, 0.25) is 0 Å². The molecule has 0 unspecified atom stereocenters. The van der Waals surface area contributed by atoms with E-state index < -0.39 is 6.36 Å². The fraction of sp³-hybridized carbons (Fsp3) is 0.208. The summed E-state index contributed by atoms with van der Waals surface area (Å²) in [6.45, 7) is 2.54. The molecule has 3 aromatic rings. The summed E-state index contributed by atoms with van der Waals surface area (Å²) in [5.74, 6) is -0.641. The van der Waals surface area contributed by atoms with Gasteiger partial charge in [0.2, 0.25) is 6.41 Å². The van der Waals surface area contributed by atoms with E-state index in [1.165, 1.54) is 36.2 Å². The van der Waals surface area contributed by atoms with Crippen LogP contribution >= 0.6 is 0 Å². The fourth-order valence-corrected chi connectivity index (χ4v) is 3.29. The van der Waals surface area contributed by atoms with Gasteiger partial charge >= 0.3 is 6.36 Å². The van der Waals surface area contributed by atoms with Gasteiger partial charge in [-0.3, -0.25) is 14.6 Å². The number of carbonyl (C=O) groups is 2. The van der Waals surface area contributed by atoms with E-state index in [0.29, 0.717) is 29.8 Å². The largest absolute Gasteiger partial charge is 0.573 e. The number of aromatic nitrogens is 1. The van der Waals surface area contributed by atoms with Gasteiger partial charge in [0.05, 0.1) is 23.5 Å². The highest BCUT2D eigenvalue weighted by Crippen LogP contribution is 2.30. The zero-order chi connectivity index (χ0) is 24.0. The number of rotatable bonds is 8. The topological polar surface area (TPSA) is 62.7 Å². The van der Waals surface area contributed by atoms with Crippen molar-refractivity contribution in [3.63, 3.8) is 0 Å². The highest BCUT2D eigenvalue weighted by atomic mass is 19.4. The molecule has 33 heavy (non-hydrogen) atoms. The lowest BCUT2D eigenvalue weighted by Crippen LogP contribution is -2.32. The van der Waals surface area contributed by atoms with Crippen LogP contribution in [0.15, 0.2) is 66.9 Å². The number of hydrogen-bond donors (Lipinski definition) is 0. The number of halogens is 3. The minimum absolute atomic E-state index is 0.286. The molecule has 2 aromatic carbocycles. The first kappa shape index (κ1) is 23.8. The van der Waals surface area contributed by atoms with Gasteiger partial charge in [-0.15, -0.1) is 13.2 Å². The van der Waals surface area contributed by atoms with Crippen molar-refractivity contribution in [1.29, 1.82) is 0 Å². The Hall–Kier alpha value is -3.88. The number of alkyl halides is 3. The average molecular weight is 457 g/mol. The van der Waals surface area contributed by atoms with Crippen LogP contribution in [0.3, 0.4) is 0 Å². The van der Waals surface area contributed by atoms with Gasteiger partial charge in [-0.25, -0.2) is 0 Å². The Morgan fingerprint density at radius 1 is 1.06 bits per heavy atom. The first-order chi connectivity index (χ1) is 15.7. The van der Waals surface area contributed by atoms with Gasteiger partial charge in [-0.1, -0.05) is 24.3 Å². The molecule has 0 saturated carbocycles. The predicted molar refractivity (Wildman–Crippen MR) is 118 cm³/mol. The molecular weight excluding hydrogens is 435 g/mol. The van der Waals surface area contributed by atoms with E-state index in [-0.39, 0.29) is 23.8 Å². The van der Waals surface area contributed by atoms with E-state index in [1.54, 1.807) is 35.4 Å². The van der Waals surface area contributed by atoms with Gasteiger partial charge in [0, 0.05) is 19.8 Å². The SMILES string of the molecule is CCN(Cc1ccccn1)C(=O)c1cc(-c2ccc(OC(F)(F)F)cc2)ccc1N(C)C=O. The summed E-state index contributed by atoms with van der Waals surface area (Å²) < 4.78 is 41.2. The number of carbonyl (C=O) groups excluding carboxylic acids is 2. The van der Waals surface area contributed by atoms with E-state index in [0.717, 1.165) is 5.69 Å². The van der Waals surface area contributed by atoms with Crippen molar-refractivity contribution in [3.05, 3.63) is 78.1 Å². The van der Waals surface area contributed by atoms with E-state index in [9.17, 15) is 22.8 Å². The molecule has 6 nitrogen and oxygen atoms in total. The predicted octanol–water partition coefficient (Wildman–Crippen LogP) is 4.90. The fourth-order valence-electron chi connectivity index (χ4n) is 3.29. The molecule has 0 bridgehead atoms. The molecule has 9 heteroatoms. The lowest BCUT2D eigenvalue weighted by Gasteiger charge is -2.24. The molecule has 0 radical (unpaired) electrons. The standard InChI is InChI=1S/C24H22F3N3O3/c1-3-30(15-19-6-4-5-13-28-19)23(32)21-14-18(9-12-22(21)29(2)16-31)17-7-10-20(11-8-17)33-24(25,26)27/h4-14,16H,3,15H2,1-2H3. The summed E-state index contributed by atoms with van der Waals surface area (Å²) in [6.07, 6.45) is -2.53. The molecule has 0 saturated heterocycles. The maximum absolute atomic E-state index is 13.4. The number of hydrogen-bond acceptors (Lipinski definition) is 4. The van der Waals surface area contributed by atoms with E-state index in [1.807, 2.05) is 19.1 Å². The highest BCUT2D eigenvalue weighted by Gasteiger charge is 2.31. The molecule has 1 aromatic heterocycles. The van der Waals surface area contributed by atoms with Gasteiger partial charge in [0.1, 0.15) is 5.75 Å². The number of amides is 2. The number of benzene rings is 2. The highest BCUT2D eigenvalue weighted by molar-refractivity contribution is 6.03. The normalized spacial score (nSPS) is 11.1. The molecular formula is C24H22F3N3O3. The number of nitrogens with zero attached hydrogens (tertiary/aromatic N) is 3. The van der Waals surface area contributed by atoms with Gasteiger partial charge in [0.25, 0.3) is 5.91 Å².